The van der Waals surface area contributed by atoms with Crippen LogP contribution in [-0.2, 0) is 30.9 Å². The molecule has 0 radical (unpaired) electrons. The fourth-order valence-electron chi connectivity index (χ4n) is 5.43. The average Bonchev–Trinajstić information content (AvgIpc) is 3.02. The molecule has 3 N–H and O–H groups in total. The number of esters is 1. The second-order valence-electron chi connectivity index (χ2n) is 13.9. The summed E-state index contributed by atoms with van der Waals surface area (Å²) in [4.78, 5) is 37.7. The minimum Gasteiger partial charge on any atom is -0.425 e. The van der Waals surface area contributed by atoms with E-state index in [4.69, 9.17) is 16.3 Å². The number of benzene rings is 2. The highest BCUT2D eigenvalue weighted by Crippen LogP contribution is 2.29. The lowest BCUT2D eigenvalue weighted by molar-refractivity contribution is -0.135. The van der Waals surface area contributed by atoms with Crippen molar-refractivity contribution in [1.29, 1.82) is 0 Å². The van der Waals surface area contributed by atoms with E-state index in [9.17, 15) is 27.4 Å². The summed E-state index contributed by atoms with van der Waals surface area (Å²) in [5, 5.41) is 6.08. The molecular formula is C38H57ClN2O7S. The topological polar surface area (TPSA) is 139 Å². The van der Waals surface area contributed by atoms with Crippen molar-refractivity contribution in [3.63, 3.8) is 0 Å². The summed E-state index contributed by atoms with van der Waals surface area (Å²) < 4.78 is 39.6. The minimum atomic E-state index is -4.46. The van der Waals surface area contributed by atoms with Crippen molar-refractivity contribution in [3.8, 4) is 5.75 Å². The zero-order chi connectivity index (χ0) is 36.5. The molecule has 2 rings (SSSR count). The number of hydrogen-bond donors (Lipinski definition) is 3. The molecule has 49 heavy (non-hydrogen) atoms. The number of rotatable bonds is 23. The Morgan fingerprint density at radius 2 is 1.41 bits per heavy atom. The monoisotopic (exact) mass is 720 g/mol. The van der Waals surface area contributed by atoms with Gasteiger partial charge in [0.25, 0.3) is 10.1 Å². The molecule has 2 aromatic rings. The van der Waals surface area contributed by atoms with Crippen LogP contribution >= 0.6 is 11.6 Å². The molecule has 0 fully saturated rings. The van der Waals surface area contributed by atoms with Gasteiger partial charge in [0.05, 0.1) is 22.0 Å². The minimum absolute atomic E-state index is 0.165. The van der Waals surface area contributed by atoms with Gasteiger partial charge in [-0.15, -0.1) is 0 Å². The van der Waals surface area contributed by atoms with E-state index in [2.05, 4.69) is 17.6 Å². The maximum atomic E-state index is 13.2. The van der Waals surface area contributed by atoms with Crippen LogP contribution in [0.5, 0.6) is 5.75 Å². The van der Waals surface area contributed by atoms with Gasteiger partial charge in [0.15, 0.2) is 0 Å². The molecule has 2 aromatic carbocycles. The molecule has 0 saturated heterocycles. The van der Waals surface area contributed by atoms with Gasteiger partial charge in [-0.2, -0.15) is 8.42 Å². The summed E-state index contributed by atoms with van der Waals surface area (Å²) in [7, 11) is -4.46. The van der Waals surface area contributed by atoms with Crippen LogP contribution in [-0.4, -0.2) is 36.7 Å². The largest absolute Gasteiger partial charge is 0.425 e. The lowest BCUT2D eigenvalue weighted by atomic mass is 9.89. The predicted molar refractivity (Wildman–Crippen MR) is 198 cm³/mol. The van der Waals surface area contributed by atoms with E-state index in [1.165, 1.54) is 76.0 Å². The normalized spacial score (nSPS) is 12.4. The van der Waals surface area contributed by atoms with Gasteiger partial charge in [-0.1, -0.05) is 123 Å². The van der Waals surface area contributed by atoms with E-state index in [-0.39, 0.29) is 22.8 Å². The van der Waals surface area contributed by atoms with Crippen LogP contribution in [0.25, 0.3) is 0 Å². The third-order valence-corrected chi connectivity index (χ3v) is 9.79. The first-order valence-electron chi connectivity index (χ1n) is 17.9. The number of ketones is 1. The number of unbranched alkanes of at least 4 members (excludes halogenated alkanes) is 12. The number of ether oxygens (including phenoxy) is 1. The molecule has 0 aliphatic rings. The first-order chi connectivity index (χ1) is 23.1. The Bertz CT molecular complexity index is 1470. The molecule has 1 atom stereocenters. The molecular weight excluding hydrogens is 664 g/mol. The molecule has 0 aliphatic heterocycles. The summed E-state index contributed by atoms with van der Waals surface area (Å²) >= 11 is 6.39. The molecule has 0 saturated carbocycles. The second kappa shape index (κ2) is 21.3. The van der Waals surface area contributed by atoms with Gasteiger partial charge in [-0.05, 0) is 61.2 Å². The van der Waals surface area contributed by atoms with Crippen molar-refractivity contribution in [1.82, 2.24) is 0 Å². The Labute approximate surface area is 299 Å². The van der Waals surface area contributed by atoms with E-state index in [0.29, 0.717) is 34.8 Å². The number of anilines is 2. The van der Waals surface area contributed by atoms with Crippen molar-refractivity contribution >= 4 is 50.8 Å². The van der Waals surface area contributed by atoms with Gasteiger partial charge in [-0.3, -0.25) is 14.1 Å². The van der Waals surface area contributed by atoms with Crippen LogP contribution in [0.15, 0.2) is 41.3 Å². The third kappa shape index (κ3) is 16.1. The Kier molecular flexibility index (Phi) is 18.4. The number of Topliss-reactive ketones (excluding diaryl/α,β-unsaturated/α-hetero) is 1. The van der Waals surface area contributed by atoms with E-state index >= 15 is 0 Å². The van der Waals surface area contributed by atoms with Crippen LogP contribution in [0.4, 0.5) is 11.4 Å². The molecule has 0 bridgehead atoms. The number of hydrogen-bond acceptors (Lipinski definition) is 7. The highest BCUT2D eigenvalue weighted by molar-refractivity contribution is 7.85. The van der Waals surface area contributed by atoms with Crippen molar-refractivity contribution in [2.45, 2.75) is 148 Å². The first-order valence-corrected chi connectivity index (χ1v) is 19.7. The maximum absolute atomic E-state index is 13.2. The standard InChI is InChI=1S/C38H57ClN2O7S/c1-6-8-9-10-11-12-13-14-15-16-17-18-19-20-28-25-30(22-24-34(28)49(45,46)47)48-37(44)32(7-2)41-33-26-29(21-23-31(33)39)40-36(43)27-35(42)38(3,4)5/h21-26,32,41H,6-20,27H2,1-5H3,(H,40,43)(H,45,46,47). The first kappa shape index (κ1) is 42.2. The van der Waals surface area contributed by atoms with Crippen LogP contribution in [0.2, 0.25) is 5.02 Å². The predicted octanol–water partition coefficient (Wildman–Crippen LogP) is 9.96. The van der Waals surface area contributed by atoms with Crippen LogP contribution in [0, 0.1) is 5.41 Å². The molecule has 1 amide bonds. The van der Waals surface area contributed by atoms with Crippen molar-refractivity contribution in [3.05, 3.63) is 47.0 Å². The number of nitrogens with one attached hydrogen (secondary N) is 2. The van der Waals surface area contributed by atoms with Gasteiger partial charge >= 0.3 is 5.97 Å². The summed E-state index contributed by atoms with van der Waals surface area (Å²) in [5.41, 5.74) is 0.544. The third-order valence-electron chi connectivity index (χ3n) is 8.51. The van der Waals surface area contributed by atoms with Gasteiger partial charge in [0.1, 0.15) is 17.6 Å². The fraction of sp³-hybridized carbons (Fsp3) is 0.605. The number of amides is 1. The molecule has 9 nitrogen and oxygen atoms in total. The number of carbonyl (C=O) groups excluding carboxylic acids is 3. The zero-order valence-electron chi connectivity index (χ0n) is 30.0. The Morgan fingerprint density at radius 3 is 1.94 bits per heavy atom. The van der Waals surface area contributed by atoms with Gasteiger partial charge in [-0.25, -0.2) is 4.79 Å². The Hall–Kier alpha value is -2.95. The molecule has 274 valence electrons. The highest BCUT2D eigenvalue weighted by atomic mass is 35.5. The Morgan fingerprint density at radius 1 is 0.837 bits per heavy atom. The Balaban J connectivity index is 1.95. The van der Waals surface area contributed by atoms with Gasteiger partial charge in [0, 0.05) is 11.1 Å². The number of halogens is 1. The van der Waals surface area contributed by atoms with Crippen LogP contribution < -0.4 is 15.4 Å². The van der Waals surface area contributed by atoms with E-state index in [0.717, 1.165) is 25.7 Å². The number of aryl methyl sites for hydroxylation is 1. The summed E-state index contributed by atoms with van der Waals surface area (Å²) in [6.07, 6.45) is 16.0. The quantitative estimate of drug-likeness (QED) is 0.0339. The second-order valence-corrected chi connectivity index (χ2v) is 15.7. The molecule has 0 heterocycles. The average molecular weight is 721 g/mol. The van der Waals surface area contributed by atoms with Crippen LogP contribution in [0.1, 0.15) is 136 Å². The lowest BCUT2D eigenvalue weighted by Crippen LogP contribution is -2.33. The summed E-state index contributed by atoms with van der Waals surface area (Å²) in [5.74, 6) is -1.10. The highest BCUT2D eigenvalue weighted by Gasteiger charge is 2.25. The van der Waals surface area contributed by atoms with Crippen molar-refractivity contribution in [2.24, 2.45) is 5.41 Å². The van der Waals surface area contributed by atoms with E-state index in [1.807, 2.05) is 0 Å². The molecule has 0 spiro atoms. The molecule has 0 aliphatic carbocycles. The van der Waals surface area contributed by atoms with Crippen LogP contribution in [0.3, 0.4) is 0 Å². The summed E-state index contributed by atoms with van der Waals surface area (Å²) in [6.45, 7) is 9.28. The maximum Gasteiger partial charge on any atom is 0.333 e. The van der Waals surface area contributed by atoms with E-state index in [1.54, 1.807) is 45.9 Å². The smallest absolute Gasteiger partial charge is 0.333 e. The molecule has 11 heteroatoms. The summed E-state index contributed by atoms with van der Waals surface area (Å²) in [6, 6.07) is 8.03. The fourth-order valence-corrected chi connectivity index (χ4v) is 6.34. The number of carbonyl (C=O) groups is 3. The zero-order valence-corrected chi connectivity index (χ0v) is 31.6. The molecule has 1 unspecified atom stereocenters. The van der Waals surface area contributed by atoms with Gasteiger partial charge in [0.2, 0.25) is 5.91 Å². The van der Waals surface area contributed by atoms with Crippen molar-refractivity contribution in [2.75, 3.05) is 10.6 Å². The SMILES string of the molecule is CCCCCCCCCCCCCCCc1cc(OC(=O)C(CC)Nc2cc(NC(=O)CC(=O)C(C)(C)C)ccc2Cl)ccc1S(=O)(=O)O. The lowest BCUT2D eigenvalue weighted by Gasteiger charge is -2.19. The van der Waals surface area contributed by atoms with Gasteiger partial charge < -0.3 is 15.4 Å². The van der Waals surface area contributed by atoms with E-state index < -0.39 is 33.5 Å². The molecule has 0 aromatic heterocycles. The van der Waals surface area contributed by atoms with Crippen molar-refractivity contribution < 1.29 is 32.1 Å².